The van der Waals surface area contributed by atoms with Crippen LogP contribution in [0.4, 0.5) is 30.2 Å². The molecule has 2 N–H and O–H groups in total. The predicted octanol–water partition coefficient (Wildman–Crippen LogP) is 4.73. The lowest BCUT2D eigenvalue weighted by atomic mass is 10.0. The summed E-state index contributed by atoms with van der Waals surface area (Å²) in [6.07, 6.45) is -5.13. The molecule has 1 aliphatic rings. The fraction of sp³-hybridized carbons (Fsp3) is 0.222. The molecule has 3 aromatic rings. The predicted molar refractivity (Wildman–Crippen MR) is 136 cm³/mol. The van der Waals surface area contributed by atoms with E-state index in [1.54, 1.807) is 24.3 Å². The fourth-order valence-electron chi connectivity index (χ4n) is 4.23. The summed E-state index contributed by atoms with van der Waals surface area (Å²) < 4.78 is 55.3. The Balaban J connectivity index is 1.69. The number of hydrogen-bond donors (Lipinski definition) is 2. The van der Waals surface area contributed by atoms with Crippen molar-refractivity contribution < 1.29 is 41.8 Å². The van der Waals surface area contributed by atoms with Crippen molar-refractivity contribution in [2.75, 3.05) is 36.9 Å². The molecule has 204 valence electrons. The highest BCUT2D eigenvalue weighted by molar-refractivity contribution is 6.18. The molecule has 1 aliphatic heterocycles. The number of halogens is 3. The maximum atomic E-state index is 13.9. The maximum Gasteiger partial charge on any atom is 0.416 e. The van der Waals surface area contributed by atoms with Gasteiger partial charge in [0.2, 0.25) is 17.6 Å². The Morgan fingerprint density at radius 2 is 1.62 bits per heavy atom. The molecule has 3 aromatic carbocycles. The lowest BCUT2D eigenvalue weighted by Gasteiger charge is -2.36. The Morgan fingerprint density at radius 1 is 0.949 bits per heavy atom. The van der Waals surface area contributed by atoms with E-state index in [1.165, 1.54) is 44.4 Å². The first-order chi connectivity index (χ1) is 18.6. The zero-order valence-corrected chi connectivity index (χ0v) is 21.1. The van der Waals surface area contributed by atoms with E-state index in [1.807, 2.05) is 0 Å². The molecule has 1 unspecified atom stereocenters. The van der Waals surface area contributed by atoms with Gasteiger partial charge in [-0.2, -0.15) is 13.2 Å². The monoisotopic (exact) mass is 543 g/mol. The minimum atomic E-state index is -4.60. The molecule has 0 spiro atoms. The number of benzene rings is 3. The number of anilines is 3. The first-order valence-corrected chi connectivity index (χ1v) is 11.6. The van der Waals surface area contributed by atoms with Crippen LogP contribution in [0.5, 0.6) is 17.2 Å². The van der Waals surface area contributed by atoms with Gasteiger partial charge in [0.15, 0.2) is 11.5 Å². The molecule has 1 heterocycles. The van der Waals surface area contributed by atoms with Crippen molar-refractivity contribution in [2.24, 2.45) is 0 Å². The van der Waals surface area contributed by atoms with Crippen molar-refractivity contribution in [1.82, 2.24) is 0 Å². The SMILES string of the molecule is COc1cc(C(=O)N2c3ccccc3NC(=O)C2CC(=O)Nc2cccc(C(F)(F)F)c2)cc(OC)c1OC. The second-order valence-corrected chi connectivity index (χ2v) is 8.44. The van der Waals surface area contributed by atoms with E-state index in [4.69, 9.17) is 14.2 Å². The van der Waals surface area contributed by atoms with Gasteiger partial charge in [0, 0.05) is 11.3 Å². The zero-order valence-electron chi connectivity index (χ0n) is 21.1. The number of methoxy groups -OCH3 is 3. The third-order valence-electron chi connectivity index (χ3n) is 6.02. The number of amides is 3. The van der Waals surface area contributed by atoms with Crippen LogP contribution in [0.1, 0.15) is 22.3 Å². The van der Waals surface area contributed by atoms with E-state index in [2.05, 4.69) is 10.6 Å². The topological polar surface area (TPSA) is 106 Å². The average Bonchev–Trinajstić information content (AvgIpc) is 2.91. The van der Waals surface area contributed by atoms with Crippen molar-refractivity contribution in [1.29, 1.82) is 0 Å². The van der Waals surface area contributed by atoms with Gasteiger partial charge in [0.25, 0.3) is 5.91 Å². The van der Waals surface area contributed by atoms with Crippen LogP contribution in [-0.2, 0) is 15.8 Å². The summed E-state index contributed by atoms with van der Waals surface area (Å²) in [5, 5.41) is 5.06. The van der Waals surface area contributed by atoms with E-state index in [-0.39, 0.29) is 28.5 Å². The van der Waals surface area contributed by atoms with Gasteiger partial charge in [0.1, 0.15) is 6.04 Å². The van der Waals surface area contributed by atoms with E-state index < -0.39 is 41.9 Å². The Kier molecular flexibility index (Phi) is 7.65. The lowest BCUT2D eigenvalue weighted by Crippen LogP contribution is -2.52. The summed E-state index contributed by atoms with van der Waals surface area (Å²) in [4.78, 5) is 41.1. The first-order valence-electron chi connectivity index (χ1n) is 11.6. The highest BCUT2D eigenvalue weighted by atomic mass is 19.4. The number of nitrogens with zero attached hydrogens (tertiary/aromatic N) is 1. The average molecular weight is 543 g/mol. The number of para-hydroxylation sites is 2. The molecule has 1 atom stereocenters. The molecule has 0 aromatic heterocycles. The van der Waals surface area contributed by atoms with Crippen LogP contribution >= 0.6 is 0 Å². The standard InChI is InChI=1S/C27H24F3N3O6/c1-37-21-11-15(12-22(38-2)24(21)39-3)26(36)33-19-10-5-4-9-18(19)32-25(35)20(33)14-23(34)31-17-8-6-7-16(13-17)27(28,29)30/h4-13,20H,14H2,1-3H3,(H,31,34)(H,32,35). The second-order valence-electron chi connectivity index (χ2n) is 8.44. The zero-order chi connectivity index (χ0) is 28.3. The molecule has 3 amide bonds. The number of carbonyl (C=O) groups is 3. The Bertz CT molecular complexity index is 1400. The summed E-state index contributed by atoms with van der Waals surface area (Å²) >= 11 is 0. The van der Waals surface area contributed by atoms with Crippen molar-refractivity contribution >= 4 is 34.8 Å². The largest absolute Gasteiger partial charge is 0.493 e. The number of fused-ring (bicyclic) bond motifs is 1. The lowest BCUT2D eigenvalue weighted by molar-refractivity contribution is -0.137. The number of nitrogens with one attached hydrogen (secondary N) is 2. The molecule has 4 rings (SSSR count). The first kappa shape index (κ1) is 27.3. The third kappa shape index (κ3) is 5.59. The Labute approximate surface area is 221 Å². The Morgan fingerprint density at radius 3 is 2.23 bits per heavy atom. The summed E-state index contributed by atoms with van der Waals surface area (Å²) in [5.41, 5.74) is -0.291. The van der Waals surface area contributed by atoms with Crippen molar-refractivity contribution in [2.45, 2.75) is 18.6 Å². The molecule has 39 heavy (non-hydrogen) atoms. The fourth-order valence-corrected chi connectivity index (χ4v) is 4.23. The molecule has 0 radical (unpaired) electrons. The molecular weight excluding hydrogens is 519 g/mol. The minimum Gasteiger partial charge on any atom is -0.493 e. The molecule has 0 saturated carbocycles. The van der Waals surface area contributed by atoms with Gasteiger partial charge in [-0.05, 0) is 42.5 Å². The summed E-state index contributed by atoms with van der Waals surface area (Å²) in [7, 11) is 4.18. The van der Waals surface area contributed by atoms with Crippen LogP contribution in [0.2, 0.25) is 0 Å². The molecule has 0 bridgehead atoms. The van der Waals surface area contributed by atoms with E-state index in [0.29, 0.717) is 11.4 Å². The van der Waals surface area contributed by atoms with Crippen molar-refractivity contribution in [3.63, 3.8) is 0 Å². The van der Waals surface area contributed by atoms with E-state index in [0.717, 1.165) is 18.2 Å². The highest BCUT2D eigenvalue weighted by Gasteiger charge is 2.39. The van der Waals surface area contributed by atoms with Gasteiger partial charge in [-0.3, -0.25) is 19.3 Å². The van der Waals surface area contributed by atoms with Gasteiger partial charge >= 0.3 is 6.18 Å². The number of alkyl halides is 3. The molecule has 9 nitrogen and oxygen atoms in total. The minimum absolute atomic E-state index is 0.0808. The highest BCUT2D eigenvalue weighted by Crippen LogP contribution is 2.40. The number of rotatable bonds is 7. The van der Waals surface area contributed by atoms with Gasteiger partial charge in [-0.1, -0.05) is 18.2 Å². The summed E-state index contributed by atoms with van der Waals surface area (Å²) in [6, 6.07) is 12.1. The van der Waals surface area contributed by atoms with Crippen LogP contribution in [-0.4, -0.2) is 45.1 Å². The van der Waals surface area contributed by atoms with Gasteiger partial charge in [0.05, 0.1) is 44.7 Å². The molecule has 12 heteroatoms. The van der Waals surface area contributed by atoms with Crippen LogP contribution in [0.25, 0.3) is 0 Å². The summed E-state index contributed by atoms with van der Waals surface area (Å²) in [5.74, 6) is -1.40. The summed E-state index contributed by atoms with van der Waals surface area (Å²) in [6.45, 7) is 0. The van der Waals surface area contributed by atoms with Crippen LogP contribution < -0.4 is 29.7 Å². The van der Waals surface area contributed by atoms with Gasteiger partial charge < -0.3 is 24.8 Å². The smallest absolute Gasteiger partial charge is 0.416 e. The van der Waals surface area contributed by atoms with Gasteiger partial charge in [-0.15, -0.1) is 0 Å². The second kappa shape index (κ2) is 10.9. The molecule has 0 fully saturated rings. The van der Waals surface area contributed by atoms with Crippen molar-refractivity contribution in [3.05, 3.63) is 71.8 Å². The van der Waals surface area contributed by atoms with E-state index >= 15 is 0 Å². The van der Waals surface area contributed by atoms with Gasteiger partial charge in [-0.25, -0.2) is 0 Å². The Hall–Kier alpha value is -4.74. The maximum absolute atomic E-state index is 13.9. The molecular formula is C27H24F3N3O6. The number of carbonyl (C=O) groups excluding carboxylic acids is 3. The van der Waals surface area contributed by atoms with Crippen LogP contribution in [0.3, 0.4) is 0 Å². The van der Waals surface area contributed by atoms with E-state index in [9.17, 15) is 27.6 Å². The third-order valence-corrected chi connectivity index (χ3v) is 6.02. The van der Waals surface area contributed by atoms with Crippen LogP contribution in [0, 0.1) is 0 Å². The van der Waals surface area contributed by atoms with Crippen LogP contribution in [0.15, 0.2) is 60.7 Å². The number of ether oxygens (including phenoxy) is 3. The molecule has 0 aliphatic carbocycles. The number of hydrogen-bond acceptors (Lipinski definition) is 6. The normalized spacial score (nSPS) is 14.7. The van der Waals surface area contributed by atoms with Crippen molar-refractivity contribution in [3.8, 4) is 17.2 Å². The quantitative estimate of drug-likeness (QED) is 0.447. The molecule has 0 saturated heterocycles.